The fraction of sp³-hybridized carbons (Fsp3) is 0.478. The number of aromatic nitrogens is 1. The average Bonchev–Trinajstić information content (AvgIpc) is 3.50. The van der Waals surface area contributed by atoms with Gasteiger partial charge in [0.2, 0.25) is 0 Å². The Balaban J connectivity index is 1.86. The van der Waals surface area contributed by atoms with Crippen LogP contribution in [0.15, 0.2) is 18.2 Å². The van der Waals surface area contributed by atoms with Crippen molar-refractivity contribution in [2.24, 2.45) is 0 Å². The Morgan fingerprint density at radius 3 is 2.44 bits per heavy atom. The second-order valence-corrected chi connectivity index (χ2v) is 8.11. The number of methoxy groups -OCH3 is 1. The average molecular weight is 450 g/mol. The van der Waals surface area contributed by atoms with Crippen molar-refractivity contribution in [3.63, 3.8) is 0 Å². The Morgan fingerprint density at radius 2 is 1.88 bits per heavy atom. The van der Waals surface area contributed by atoms with Crippen molar-refractivity contribution in [1.29, 1.82) is 0 Å². The molecule has 1 amide bonds. The van der Waals surface area contributed by atoms with Gasteiger partial charge in [-0.05, 0) is 63.8 Å². The Bertz CT molecular complexity index is 999. The van der Waals surface area contributed by atoms with Gasteiger partial charge in [0, 0.05) is 18.3 Å². The molecule has 0 radical (unpaired) electrons. The van der Waals surface area contributed by atoms with Crippen LogP contribution in [0.4, 0.5) is 8.78 Å². The van der Waals surface area contributed by atoms with Gasteiger partial charge >= 0.3 is 12.6 Å². The highest BCUT2D eigenvalue weighted by molar-refractivity contribution is 6.00. The quantitative estimate of drug-likeness (QED) is 0.564. The molecule has 1 aromatic carbocycles. The summed E-state index contributed by atoms with van der Waals surface area (Å²) in [6.45, 7) is 4.28. The number of ether oxygens (including phenoxy) is 3. The Hall–Kier alpha value is -3.10. The maximum absolute atomic E-state index is 13.4. The fourth-order valence-electron chi connectivity index (χ4n) is 3.64. The van der Waals surface area contributed by atoms with E-state index in [1.807, 2.05) is 0 Å². The van der Waals surface area contributed by atoms with E-state index in [0.29, 0.717) is 28.1 Å². The predicted molar refractivity (Wildman–Crippen MR) is 113 cm³/mol. The number of benzene rings is 1. The van der Waals surface area contributed by atoms with Crippen molar-refractivity contribution in [3.8, 4) is 11.5 Å². The third-order valence-electron chi connectivity index (χ3n) is 5.24. The van der Waals surface area contributed by atoms with Crippen molar-refractivity contribution in [2.45, 2.75) is 65.8 Å². The van der Waals surface area contributed by atoms with Crippen LogP contribution in [-0.4, -0.2) is 47.6 Å². The first-order chi connectivity index (χ1) is 15.1. The zero-order valence-corrected chi connectivity index (χ0v) is 18.8. The van der Waals surface area contributed by atoms with Gasteiger partial charge < -0.3 is 24.1 Å². The first-order valence-electron chi connectivity index (χ1n) is 10.4. The number of carbonyl (C=O) groups excluding carboxylic acids is 2. The molecule has 0 bridgehead atoms. The minimum absolute atomic E-state index is 0.0690. The van der Waals surface area contributed by atoms with Crippen molar-refractivity contribution < 1.29 is 32.6 Å². The van der Waals surface area contributed by atoms with E-state index >= 15 is 0 Å². The molecule has 0 saturated heterocycles. The molecule has 1 fully saturated rings. The van der Waals surface area contributed by atoms with Gasteiger partial charge in [-0.2, -0.15) is 8.78 Å². The van der Waals surface area contributed by atoms with Crippen LogP contribution >= 0.6 is 0 Å². The Labute approximate surface area is 185 Å². The summed E-state index contributed by atoms with van der Waals surface area (Å²) in [5.41, 5.74) is 2.54. The molecule has 1 heterocycles. The molecule has 32 heavy (non-hydrogen) atoms. The summed E-state index contributed by atoms with van der Waals surface area (Å²) in [6, 6.07) is 4.68. The Morgan fingerprint density at radius 1 is 1.19 bits per heavy atom. The van der Waals surface area contributed by atoms with Gasteiger partial charge in [-0.1, -0.05) is 6.07 Å². The minimum Gasteiger partial charge on any atom is -0.493 e. The minimum atomic E-state index is -2.96. The highest BCUT2D eigenvalue weighted by Crippen LogP contribution is 2.34. The number of nitrogens with zero attached hydrogens (tertiary/aromatic N) is 1. The van der Waals surface area contributed by atoms with Crippen LogP contribution in [0.3, 0.4) is 0 Å². The number of nitrogens with one attached hydrogen (secondary N) is 1. The van der Waals surface area contributed by atoms with Gasteiger partial charge in [0.05, 0.1) is 18.8 Å². The van der Waals surface area contributed by atoms with Gasteiger partial charge in [-0.25, -0.2) is 4.79 Å². The molecule has 2 aromatic rings. The van der Waals surface area contributed by atoms with Crippen LogP contribution in [0.5, 0.6) is 11.5 Å². The summed E-state index contributed by atoms with van der Waals surface area (Å²) in [7, 11) is 1.37. The molecule has 0 spiro atoms. The standard InChI is InChI=1S/C23H28F2N2O5/c1-12(2)31-22(29)19-13(3)20(26-14(19)4)21(28)27(16-7-8-16)11-15-6-9-17(32-23(24)25)18(10-15)30-5/h6,9-10,12,16,23,26H,7-8,11H2,1-5H3. The van der Waals surface area contributed by atoms with Crippen LogP contribution < -0.4 is 9.47 Å². The van der Waals surface area contributed by atoms with E-state index in [0.717, 1.165) is 12.8 Å². The van der Waals surface area contributed by atoms with Crippen LogP contribution in [0.2, 0.25) is 0 Å². The lowest BCUT2D eigenvalue weighted by Crippen LogP contribution is -2.33. The summed E-state index contributed by atoms with van der Waals surface area (Å²) >= 11 is 0. The SMILES string of the molecule is COc1cc(CN(C(=O)c2[nH]c(C)c(C(=O)OC(C)C)c2C)C2CC2)ccc1OC(F)F. The molecule has 1 aliphatic rings. The zero-order valence-electron chi connectivity index (χ0n) is 18.8. The molecule has 0 atom stereocenters. The summed E-state index contributed by atoms with van der Waals surface area (Å²) in [6.07, 6.45) is 1.47. The molecule has 1 N–H and O–H groups in total. The number of halogens is 2. The molecule has 7 nitrogen and oxygen atoms in total. The third-order valence-corrected chi connectivity index (χ3v) is 5.24. The monoisotopic (exact) mass is 450 g/mol. The summed E-state index contributed by atoms with van der Waals surface area (Å²) in [4.78, 5) is 30.7. The van der Waals surface area contributed by atoms with E-state index in [9.17, 15) is 18.4 Å². The van der Waals surface area contributed by atoms with E-state index in [1.165, 1.54) is 13.2 Å². The number of alkyl halides is 2. The second-order valence-electron chi connectivity index (χ2n) is 8.11. The second kappa shape index (κ2) is 9.58. The maximum atomic E-state index is 13.4. The number of amides is 1. The van der Waals surface area contributed by atoms with E-state index in [2.05, 4.69) is 9.72 Å². The van der Waals surface area contributed by atoms with Gasteiger partial charge in [0.1, 0.15) is 5.69 Å². The predicted octanol–water partition coefficient (Wildman–Crippen LogP) is 4.61. The number of rotatable bonds is 9. The molecule has 1 saturated carbocycles. The maximum Gasteiger partial charge on any atom is 0.387 e. The van der Waals surface area contributed by atoms with Crippen molar-refractivity contribution in [3.05, 3.63) is 46.3 Å². The van der Waals surface area contributed by atoms with Gasteiger partial charge in [0.25, 0.3) is 5.91 Å². The summed E-state index contributed by atoms with van der Waals surface area (Å²) < 4.78 is 40.1. The van der Waals surface area contributed by atoms with Crippen LogP contribution in [0.1, 0.15) is 64.4 Å². The lowest BCUT2D eigenvalue weighted by Gasteiger charge is -2.23. The van der Waals surface area contributed by atoms with Crippen molar-refractivity contribution in [1.82, 2.24) is 9.88 Å². The number of hydrogen-bond acceptors (Lipinski definition) is 5. The topological polar surface area (TPSA) is 80.9 Å². The van der Waals surface area contributed by atoms with Crippen LogP contribution in [-0.2, 0) is 11.3 Å². The molecule has 1 aromatic heterocycles. The Kier molecular flexibility index (Phi) is 7.06. The zero-order chi connectivity index (χ0) is 23.6. The first-order valence-corrected chi connectivity index (χ1v) is 10.4. The first kappa shape index (κ1) is 23.6. The number of aryl methyl sites for hydroxylation is 1. The smallest absolute Gasteiger partial charge is 0.387 e. The van der Waals surface area contributed by atoms with E-state index in [-0.39, 0.29) is 36.1 Å². The van der Waals surface area contributed by atoms with Crippen LogP contribution in [0, 0.1) is 13.8 Å². The van der Waals surface area contributed by atoms with Crippen molar-refractivity contribution in [2.75, 3.05) is 7.11 Å². The number of esters is 1. The number of aromatic amines is 1. The molecule has 174 valence electrons. The molecule has 0 aliphatic heterocycles. The largest absolute Gasteiger partial charge is 0.493 e. The molecular weight excluding hydrogens is 422 g/mol. The summed E-state index contributed by atoms with van der Waals surface area (Å²) in [5.74, 6) is -0.609. The third kappa shape index (κ3) is 5.20. The fourth-order valence-corrected chi connectivity index (χ4v) is 3.64. The van der Waals surface area contributed by atoms with Gasteiger partial charge in [-0.15, -0.1) is 0 Å². The van der Waals surface area contributed by atoms with Gasteiger partial charge in [-0.3, -0.25) is 4.79 Å². The molecule has 1 aliphatic carbocycles. The van der Waals surface area contributed by atoms with Crippen molar-refractivity contribution >= 4 is 11.9 Å². The van der Waals surface area contributed by atoms with Gasteiger partial charge in [0.15, 0.2) is 11.5 Å². The van der Waals surface area contributed by atoms with E-state index in [4.69, 9.17) is 9.47 Å². The van der Waals surface area contributed by atoms with Crippen LogP contribution in [0.25, 0.3) is 0 Å². The summed E-state index contributed by atoms with van der Waals surface area (Å²) in [5, 5.41) is 0. The highest BCUT2D eigenvalue weighted by Gasteiger charge is 2.35. The molecule has 9 heteroatoms. The molecular formula is C23H28F2N2O5. The lowest BCUT2D eigenvalue weighted by atomic mass is 10.1. The van der Waals surface area contributed by atoms with E-state index < -0.39 is 12.6 Å². The van der Waals surface area contributed by atoms with E-state index in [1.54, 1.807) is 44.7 Å². The molecule has 0 unspecified atom stereocenters. The number of hydrogen-bond donors (Lipinski definition) is 1. The highest BCUT2D eigenvalue weighted by atomic mass is 19.3. The number of carbonyl (C=O) groups is 2. The normalized spacial score (nSPS) is 13.4. The molecule has 3 rings (SSSR count). The lowest BCUT2D eigenvalue weighted by molar-refractivity contribution is -0.0512. The number of H-pyrrole nitrogens is 1.